The van der Waals surface area contributed by atoms with E-state index in [2.05, 4.69) is 4.98 Å². The molecule has 1 fully saturated rings. The second-order valence-electron chi connectivity index (χ2n) is 4.47. The third-order valence-corrected chi connectivity index (χ3v) is 3.22. The van der Waals surface area contributed by atoms with Gasteiger partial charge >= 0.3 is 6.18 Å². The number of H-pyrrole nitrogens is 1. The maximum atomic E-state index is 12.4. The molecule has 0 aromatic carbocycles. The van der Waals surface area contributed by atoms with E-state index >= 15 is 0 Å². The van der Waals surface area contributed by atoms with E-state index in [0.29, 0.717) is 31.4 Å². The Morgan fingerprint density at radius 1 is 1.11 bits per heavy atom. The van der Waals surface area contributed by atoms with Crippen LogP contribution in [0.5, 0.6) is 0 Å². The number of carbonyl (C=O) groups excluding carboxylic acids is 1. The van der Waals surface area contributed by atoms with Gasteiger partial charge in [0, 0.05) is 18.5 Å². The number of Topliss-reactive ketones (excluding diaryl/α,β-unsaturated/α-hetero) is 1. The normalized spacial score (nSPS) is 18.1. The van der Waals surface area contributed by atoms with Crippen LogP contribution in [0.25, 0.3) is 0 Å². The Kier molecular flexibility index (Phi) is 3.28. The van der Waals surface area contributed by atoms with Crippen LogP contribution in [0.1, 0.15) is 42.9 Å². The molecule has 0 radical (unpaired) electrons. The quantitative estimate of drug-likeness (QED) is 0.842. The molecule has 1 saturated carbocycles. The fourth-order valence-corrected chi connectivity index (χ4v) is 2.20. The first-order valence-electron chi connectivity index (χ1n) is 5.70. The molecule has 0 atom stereocenters. The number of carbonyl (C=O) groups is 1. The minimum absolute atomic E-state index is 0.0299. The van der Waals surface area contributed by atoms with Crippen LogP contribution in [0.15, 0.2) is 16.9 Å². The maximum Gasteiger partial charge on any atom is 0.421 e. The van der Waals surface area contributed by atoms with E-state index < -0.39 is 17.3 Å². The van der Waals surface area contributed by atoms with Crippen molar-refractivity contribution in [1.29, 1.82) is 0 Å². The number of aromatic amines is 1. The summed E-state index contributed by atoms with van der Waals surface area (Å²) in [6, 6.07) is 2.11. The van der Waals surface area contributed by atoms with Crippen LogP contribution in [-0.4, -0.2) is 10.8 Å². The monoisotopic (exact) mass is 259 g/mol. The van der Waals surface area contributed by atoms with Crippen molar-refractivity contribution in [2.45, 2.75) is 37.8 Å². The van der Waals surface area contributed by atoms with Crippen LogP contribution in [0.3, 0.4) is 0 Å². The van der Waals surface area contributed by atoms with Crippen LogP contribution >= 0.6 is 0 Å². The van der Waals surface area contributed by atoms with Gasteiger partial charge < -0.3 is 4.98 Å². The van der Waals surface area contributed by atoms with E-state index in [1.165, 1.54) is 6.07 Å². The van der Waals surface area contributed by atoms with E-state index in [1.807, 2.05) is 0 Å². The number of pyridine rings is 1. The molecule has 1 aliphatic rings. The molecule has 1 aromatic heterocycles. The topological polar surface area (TPSA) is 49.9 Å². The number of halogens is 3. The highest BCUT2D eigenvalue weighted by Crippen LogP contribution is 2.31. The average Bonchev–Trinajstić information content (AvgIpc) is 2.28. The van der Waals surface area contributed by atoms with Crippen molar-refractivity contribution in [3.8, 4) is 0 Å². The minimum Gasteiger partial charge on any atom is -0.325 e. The van der Waals surface area contributed by atoms with Gasteiger partial charge in [0.2, 0.25) is 0 Å². The number of aromatic nitrogens is 1. The smallest absolute Gasteiger partial charge is 0.325 e. The molecular formula is C12H12F3NO2. The van der Waals surface area contributed by atoms with Crippen molar-refractivity contribution >= 4 is 5.78 Å². The Hall–Kier alpha value is -1.59. The van der Waals surface area contributed by atoms with Crippen LogP contribution in [-0.2, 0) is 11.0 Å². The molecule has 0 spiro atoms. The molecule has 3 nitrogen and oxygen atoms in total. The molecular weight excluding hydrogens is 247 g/mol. The van der Waals surface area contributed by atoms with Crippen molar-refractivity contribution in [3.63, 3.8) is 0 Å². The zero-order chi connectivity index (χ0) is 13.3. The third-order valence-electron chi connectivity index (χ3n) is 3.22. The first-order valence-corrected chi connectivity index (χ1v) is 5.70. The predicted molar refractivity (Wildman–Crippen MR) is 58.3 cm³/mol. The molecule has 0 aliphatic heterocycles. The van der Waals surface area contributed by atoms with Gasteiger partial charge in [-0.2, -0.15) is 13.2 Å². The first-order chi connectivity index (χ1) is 8.38. The lowest BCUT2D eigenvalue weighted by Gasteiger charge is -2.21. The molecule has 1 aliphatic carbocycles. The molecule has 1 N–H and O–H groups in total. The van der Waals surface area contributed by atoms with Crippen molar-refractivity contribution in [3.05, 3.63) is 33.7 Å². The summed E-state index contributed by atoms with van der Waals surface area (Å²) in [5, 5.41) is 0. The summed E-state index contributed by atoms with van der Waals surface area (Å²) >= 11 is 0. The van der Waals surface area contributed by atoms with E-state index in [1.54, 1.807) is 0 Å². The van der Waals surface area contributed by atoms with Crippen molar-refractivity contribution < 1.29 is 18.0 Å². The highest BCUT2D eigenvalue weighted by Gasteiger charge is 2.34. The van der Waals surface area contributed by atoms with Crippen molar-refractivity contribution in [2.75, 3.05) is 0 Å². The van der Waals surface area contributed by atoms with Crippen LogP contribution in [0, 0.1) is 0 Å². The Labute approximate surface area is 101 Å². The molecule has 0 unspecified atom stereocenters. The highest BCUT2D eigenvalue weighted by molar-refractivity contribution is 5.79. The van der Waals surface area contributed by atoms with Gasteiger partial charge in [-0.3, -0.25) is 9.59 Å². The Bertz CT molecular complexity index is 509. The van der Waals surface area contributed by atoms with Gasteiger partial charge in [-0.25, -0.2) is 0 Å². The molecule has 2 rings (SSSR count). The summed E-state index contributed by atoms with van der Waals surface area (Å²) in [4.78, 5) is 24.7. The highest BCUT2D eigenvalue weighted by atomic mass is 19.4. The van der Waals surface area contributed by atoms with E-state index in [0.717, 1.165) is 6.07 Å². The second kappa shape index (κ2) is 4.59. The van der Waals surface area contributed by atoms with Gasteiger partial charge in [0.25, 0.3) is 5.56 Å². The molecule has 1 heterocycles. The van der Waals surface area contributed by atoms with Crippen LogP contribution in [0.2, 0.25) is 0 Å². The third kappa shape index (κ3) is 2.63. The lowest BCUT2D eigenvalue weighted by Crippen LogP contribution is -2.24. The second-order valence-corrected chi connectivity index (χ2v) is 4.47. The fourth-order valence-electron chi connectivity index (χ4n) is 2.20. The molecule has 6 heteroatoms. The average molecular weight is 259 g/mol. The summed E-state index contributed by atoms with van der Waals surface area (Å²) in [7, 11) is 0. The van der Waals surface area contributed by atoms with Gasteiger partial charge in [-0.1, -0.05) is 0 Å². The summed E-state index contributed by atoms with van der Waals surface area (Å²) in [6.07, 6.45) is -2.61. The van der Waals surface area contributed by atoms with Gasteiger partial charge in [-0.05, 0) is 30.9 Å². The Balaban J connectivity index is 2.24. The van der Waals surface area contributed by atoms with Gasteiger partial charge in [0.1, 0.15) is 11.3 Å². The summed E-state index contributed by atoms with van der Waals surface area (Å²) in [6.45, 7) is 0. The van der Waals surface area contributed by atoms with Crippen LogP contribution < -0.4 is 5.56 Å². The number of rotatable bonds is 1. The Morgan fingerprint density at radius 3 is 2.22 bits per heavy atom. The minimum atomic E-state index is -4.63. The maximum absolute atomic E-state index is 12.4. The zero-order valence-electron chi connectivity index (χ0n) is 9.51. The SMILES string of the molecule is O=C1CCC(c2ccc(C(F)(F)F)c(=O)[nH]2)CC1. The number of hydrogen-bond donors (Lipinski definition) is 1. The van der Waals surface area contributed by atoms with Crippen LogP contribution in [0.4, 0.5) is 13.2 Å². The molecule has 1 aromatic rings. The molecule has 0 amide bonds. The Morgan fingerprint density at radius 2 is 1.72 bits per heavy atom. The van der Waals surface area contributed by atoms with E-state index in [4.69, 9.17) is 0 Å². The fraction of sp³-hybridized carbons (Fsp3) is 0.500. The first kappa shape index (κ1) is 12.9. The largest absolute Gasteiger partial charge is 0.421 e. The lowest BCUT2D eigenvalue weighted by atomic mass is 9.86. The van der Waals surface area contributed by atoms with E-state index in [9.17, 15) is 22.8 Å². The van der Waals surface area contributed by atoms with Crippen molar-refractivity contribution in [1.82, 2.24) is 4.98 Å². The van der Waals surface area contributed by atoms with Gasteiger partial charge in [0.15, 0.2) is 0 Å². The molecule has 0 saturated heterocycles. The zero-order valence-corrected chi connectivity index (χ0v) is 9.51. The van der Waals surface area contributed by atoms with Crippen molar-refractivity contribution in [2.24, 2.45) is 0 Å². The summed E-state index contributed by atoms with van der Waals surface area (Å²) in [5.74, 6) is 0.137. The predicted octanol–water partition coefficient (Wildman–Crippen LogP) is 2.62. The summed E-state index contributed by atoms with van der Waals surface area (Å²) in [5.41, 5.74) is -1.81. The molecule has 18 heavy (non-hydrogen) atoms. The van der Waals surface area contributed by atoms with E-state index in [-0.39, 0.29) is 11.7 Å². The van der Waals surface area contributed by atoms with Gasteiger partial charge in [-0.15, -0.1) is 0 Å². The standard InChI is InChI=1S/C12H12F3NO2/c13-12(14,15)9-5-6-10(16-11(9)18)7-1-3-8(17)4-2-7/h5-7H,1-4H2,(H,16,18). The lowest BCUT2D eigenvalue weighted by molar-refractivity contribution is -0.138. The van der Waals surface area contributed by atoms with Gasteiger partial charge in [0.05, 0.1) is 0 Å². The number of nitrogens with one attached hydrogen (secondary N) is 1. The molecule has 0 bridgehead atoms. The number of alkyl halides is 3. The summed E-state index contributed by atoms with van der Waals surface area (Å²) < 4.78 is 37.2. The number of ketones is 1. The molecule has 98 valence electrons. The number of hydrogen-bond acceptors (Lipinski definition) is 2.